The third-order valence-corrected chi connectivity index (χ3v) is 11.3. The standard InChI is InChI=1S/C28H23FNS.C14H16NSi.Ir/c1-28(2,3)17-18-13-14-30-25(15-18)24-6-4-5-23-22-12-9-20(16-26(22)31-27(23)24)19-7-10-21(29)11-8-19;1-16(2,3)13-9-10-14(15-11-13)12-7-5-4-6-8-12;/h4-5,7-16H,17H2,1-3H3;4-7,9-11H,1-3H3;/q2*-1;. The maximum Gasteiger partial charge on any atom is 0.123 e. The Bertz CT molecular complexity index is 2130. The van der Waals surface area contributed by atoms with E-state index in [1.165, 1.54) is 43.1 Å². The summed E-state index contributed by atoms with van der Waals surface area (Å²) in [7, 11) is -1.23. The SMILES string of the molecule is CC(C)(C)Cc1ccnc(-c2[c-]ccc3c2sc2cc(-c4ccc(F)cc4)ccc23)c1.C[Si](C)(C)c1ccc(-c2[c-]cccc2)nc1.[Ir]. The van der Waals surface area contributed by atoms with Crippen LogP contribution in [0.2, 0.25) is 19.6 Å². The molecule has 0 bridgehead atoms. The molecule has 0 aliphatic carbocycles. The van der Waals surface area contributed by atoms with Gasteiger partial charge in [-0.25, -0.2) is 4.39 Å². The van der Waals surface area contributed by atoms with E-state index in [0.29, 0.717) is 0 Å². The van der Waals surface area contributed by atoms with Gasteiger partial charge >= 0.3 is 0 Å². The van der Waals surface area contributed by atoms with E-state index in [-0.39, 0.29) is 31.3 Å². The Labute approximate surface area is 302 Å². The minimum atomic E-state index is -1.23. The first-order valence-electron chi connectivity index (χ1n) is 16.0. The van der Waals surface area contributed by atoms with Gasteiger partial charge in [0.2, 0.25) is 0 Å². The Hall–Kier alpha value is -3.80. The van der Waals surface area contributed by atoms with E-state index in [1.807, 2.05) is 54.9 Å². The van der Waals surface area contributed by atoms with Crippen LogP contribution in [-0.4, -0.2) is 18.0 Å². The van der Waals surface area contributed by atoms with Crippen LogP contribution in [0.4, 0.5) is 4.39 Å². The minimum Gasteiger partial charge on any atom is -0.305 e. The molecule has 0 spiro atoms. The van der Waals surface area contributed by atoms with Crippen molar-refractivity contribution in [1.82, 2.24) is 9.97 Å². The second-order valence-electron chi connectivity index (χ2n) is 14.2. The zero-order valence-electron chi connectivity index (χ0n) is 28.2. The topological polar surface area (TPSA) is 25.8 Å². The number of hydrogen-bond acceptors (Lipinski definition) is 3. The van der Waals surface area contributed by atoms with E-state index < -0.39 is 8.07 Å². The molecule has 48 heavy (non-hydrogen) atoms. The zero-order chi connectivity index (χ0) is 33.2. The van der Waals surface area contributed by atoms with Crippen LogP contribution in [0.15, 0.2) is 116 Å². The molecule has 7 rings (SSSR count). The molecule has 1 radical (unpaired) electrons. The summed E-state index contributed by atoms with van der Waals surface area (Å²) in [5.41, 5.74) is 7.71. The second-order valence-corrected chi connectivity index (χ2v) is 20.3. The molecule has 7 aromatic rings. The van der Waals surface area contributed by atoms with Gasteiger partial charge in [0.25, 0.3) is 0 Å². The third-order valence-electron chi connectivity index (χ3n) is 8.04. The molecule has 0 atom stereocenters. The van der Waals surface area contributed by atoms with Crippen LogP contribution in [0, 0.1) is 23.4 Å². The minimum absolute atomic E-state index is 0. The number of aromatic nitrogens is 2. The quantitative estimate of drug-likeness (QED) is 0.127. The van der Waals surface area contributed by atoms with Gasteiger partial charge in [-0.2, -0.15) is 11.3 Å². The van der Waals surface area contributed by atoms with Crippen molar-refractivity contribution in [1.29, 1.82) is 0 Å². The van der Waals surface area contributed by atoms with Crippen LogP contribution in [-0.2, 0) is 26.5 Å². The fraction of sp³-hybridized carbons (Fsp3) is 0.190. The van der Waals surface area contributed by atoms with E-state index >= 15 is 0 Å². The first kappa shape index (κ1) is 35.5. The monoisotopic (exact) mass is 843 g/mol. The Morgan fingerprint density at radius 3 is 2.19 bits per heavy atom. The number of rotatable bonds is 5. The van der Waals surface area contributed by atoms with Crippen molar-refractivity contribution in [3.63, 3.8) is 0 Å². The van der Waals surface area contributed by atoms with Gasteiger partial charge in [0.15, 0.2) is 0 Å². The fourth-order valence-electron chi connectivity index (χ4n) is 5.64. The van der Waals surface area contributed by atoms with E-state index in [0.717, 1.165) is 40.1 Å². The van der Waals surface area contributed by atoms with Crippen molar-refractivity contribution >= 4 is 44.8 Å². The summed E-state index contributed by atoms with van der Waals surface area (Å²) in [6.07, 6.45) is 4.93. The van der Waals surface area contributed by atoms with Gasteiger partial charge in [-0.05, 0) is 73.9 Å². The van der Waals surface area contributed by atoms with Gasteiger partial charge in [-0.15, -0.1) is 59.7 Å². The van der Waals surface area contributed by atoms with Crippen LogP contribution in [0.5, 0.6) is 0 Å². The summed E-state index contributed by atoms with van der Waals surface area (Å²) >= 11 is 1.77. The molecule has 2 nitrogen and oxygen atoms in total. The Balaban J connectivity index is 0.000000224. The predicted molar refractivity (Wildman–Crippen MR) is 201 cm³/mol. The van der Waals surface area contributed by atoms with E-state index in [1.54, 1.807) is 11.3 Å². The average molecular weight is 843 g/mol. The largest absolute Gasteiger partial charge is 0.305 e. The number of nitrogens with zero attached hydrogens (tertiary/aromatic N) is 2. The zero-order valence-corrected chi connectivity index (χ0v) is 32.4. The van der Waals surface area contributed by atoms with Crippen LogP contribution < -0.4 is 5.19 Å². The second kappa shape index (κ2) is 14.8. The normalized spacial score (nSPS) is 11.6. The van der Waals surface area contributed by atoms with Crippen molar-refractivity contribution in [3.05, 3.63) is 139 Å². The Morgan fingerprint density at radius 1 is 0.750 bits per heavy atom. The summed E-state index contributed by atoms with van der Waals surface area (Å²) in [6.45, 7) is 13.8. The molecule has 3 heterocycles. The molecule has 6 heteroatoms. The molecule has 0 aliphatic heterocycles. The predicted octanol–water partition coefficient (Wildman–Crippen LogP) is 11.4. The first-order valence-corrected chi connectivity index (χ1v) is 20.3. The molecule has 245 valence electrons. The Kier molecular flexibility index (Phi) is 10.9. The molecule has 0 saturated carbocycles. The van der Waals surface area contributed by atoms with Crippen LogP contribution in [0.1, 0.15) is 26.3 Å². The molecule has 0 aliphatic rings. The van der Waals surface area contributed by atoms with Crippen molar-refractivity contribution in [2.45, 2.75) is 46.8 Å². The van der Waals surface area contributed by atoms with Crippen molar-refractivity contribution in [2.75, 3.05) is 0 Å². The summed E-state index contributed by atoms with van der Waals surface area (Å²) in [5, 5.41) is 3.85. The van der Waals surface area contributed by atoms with Crippen LogP contribution in [0.3, 0.4) is 0 Å². The van der Waals surface area contributed by atoms with Gasteiger partial charge in [0.05, 0.1) is 8.07 Å². The molecule has 0 amide bonds. The van der Waals surface area contributed by atoms with Gasteiger partial charge in [0, 0.05) is 37.2 Å². The third kappa shape index (κ3) is 8.42. The summed E-state index contributed by atoms with van der Waals surface area (Å²) in [5.74, 6) is -0.215. The number of pyridine rings is 2. The number of thiophene rings is 1. The molecule has 0 fully saturated rings. The van der Waals surface area contributed by atoms with E-state index in [2.05, 4.69) is 111 Å². The van der Waals surface area contributed by atoms with Crippen LogP contribution >= 0.6 is 11.3 Å². The number of fused-ring (bicyclic) bond motifs is 3. The summed E-state index contributed by atoms with van der Waals surface area (Å²) in [4.78, 5) is 9.19. The van der Waals surface area contributed by atoms with Gasteiger partial charge in [-0.3, -0.25) is 0 Å². The van der Waals surface area contributed by atoms with E-state index in [4.69, 9.17) is 0 Å². The average Bonchev–Trinajstić information content (AvgIpc) is 3.43. The number of hydrogen-bond donors (Lipinski definition) is 0. The Morgan fingerprint density at radius 2 is 1.52 bits per heavy atom. The molecule has 0 unspecified atom stereocenters. The number of halogens is 1. The van der Waals surface area contributed by atoms with Crippen molar-refractivity contribution in [2.24, 2.45) is 5.41 Å². The summed E-state index contributed by atoms with van der Waals surface area (Å²) < 4.78 is 15.7. The van der Waals surface area contributed by atoms with Gasteiger partial charge < -0.3 is 9.97 Å². The van der Waals surface area contributed by atoms with Crippen molar-refractivity contribution < 1.29 is 24.5 Å². The molecular formula is C42H39FIrN2SSi-2. The number of benzene rings is 4. The maximum absolute atomic E-state index is 13.3. The fourth-order valence-corrected chi connectivity index (χ4v) is 7.92. The molecule has 3 aromatic heterocycles. The van der Waals surface area contributed by atoms with Crippen molar-refractivity contribution in [3.8, 4) is 33.6 Å². The molecule has 0 N–H and O–H groups in total. The maximum atomic E-state index is 13.3. The first-order chi connectivity index (χ1) is 22.4. The van der Waals surface area contributed by atoms with Crippen LogP contribution in [0.25, 0.3) is 53.8 Å². The molecular weight excluding hydrogens is 804 g/mol. The smallest absolute Gasteiger partial charge is 0.123 e. The van der Waals surface area contributed by atoms with Gasteiger partial charge in [0.1, 0.15) is 5.82 Å². The summed E-state index contributed by atoms with van der Waals surface area (Å²) in [6, 6.07) is 40.5. The molecule has 4 aromatic carbocycles. The molecule has 0 saturated heterocycles. The van der Waals surface area contributed by atoms with Gasteiger partial charge in [-0.1, -0.05) is 93.8 Å². The van der Waals surface area contributed by atoms with E-state index in [9.17, 15) is 4.39 Å².